The van der Waals surface area contributed by atoms with Gasteiger partial charge in [-0.3, -0.25) is 4.79 Å². The van der Waals surface area contributed by atoms with Gasteiger partial charge in [-0.25, -0.2) is 4.98 Å². The summed E-state index contributed by atoms with van der Waals surface area (Å²) in [5.74, 6) is 0.882. The highest BCUT2D eigenvalue weighted by atomic mass is 16.1. The predicted molar refractivity (Wildman–Crippen MR) is 78.1 cm³/mol. The molecular weight excluding hydrogens is 227 g/mol. The first kappa shape index (κ1) is 14.3. The highest BCUT2D eigenvalue weighted by molar-refractivity contribution is 6.06. The zero-order chi connectivity index (χ0) is 14.1. The molecule has 1 heterocycles. The van der Waals surface area contributed by atoms with Gasteiger partial charge < -0.3 is 15.1 Å². The Hall–Kier alpha value is -1.72. The molecule has 1 aromatic rings. The first-order chi connectivity index (χ1) is 8.14. The third-order valence-corrected chi connectivity index (χ3v) is 3.10. The smallest absolute Gasteiger partial charge is 0.250 e. The SMILES string of the molecule is Bn1c(C)nc(N)c(/C=C\N(C)C(C)(C)C)c1=O. The van der Waals surface area contributed by atoms with Gasteiger partial charge in [0.2, 0.25) is 13.5 Å². The van der Waals surface area contributed by atoms with E-state index in [2.05, 4.69) is 25.8 Å². The molecule has 0 saturated carbocycles. The molecule has 0 unspecified atom stereocenters. The third-order valence-electron chi connectivity index (χ3n) is 3.10. The van der Waals surface area contributed by atoms with Crippen LogP contribution in [0.4, 0.5) is 5.82 Å². The van der Waals surface area contributed by atoms with Crippen molar-refractivity contribution >= 4 is 19.9 Å². The monoisotopic (exact) mass is 248 g/mol. The van der Waals surface area contributed by atoms with Crippen molar-refractivity contribution in [1.29, 1.82) is 0 Å². The van der Waals surface area contributed by atoms with Gasteiger partial charge in [-0.15, -0.1) is 0 Å². The van der Waals surface area contributed by atoms with E-state index >= 15 is 0 Å². The molecule has 1 rings (SSSR count). The van der Waals surface area contributed by atoms with Gasteiger partial charge in [0.15, 0.2) is 0 Å². The van der Waals surface area contributed by atoms with Gasteiger partial charge in [0.25, 0.3) is 0 Å². The number of aryl methyl sites for hydroxylation is 1. The van der Waals surface area contributed by atoms with Gasteiger partial charge in [0, 0.05) is 18.8 Å². The van der Waals surface area contributed by atoms with Crippen LogP contribution in [0.1, 0.15) is 32.2 Å². The lowest BCUT2D eigenvalue weighted by Crippen LogP contribution is -2.33. The number of hydrogen-bond donors (Lipinski definition) is 1. The highest BCUT2D eigenvalue weighted by Crippen LogP contribution is 2.13. The van der Waals surface area contributed by atoms with E-state index in [9.17, 15) is 4.79 Å². The van der Waals surface area contributed by atoms with Gasteiger partial charge in [-0.2, -0.15) is 0 Å². The summed E-state index contributed by atoms with van der Waals surface area (Å²) >= 11 is 0. The molecule has 18 heavy (non-hydrogen) atoms. The molecule has 0 aliphatic rings. The number of nitrogen functional groups attached to an aromatic ring is 1. The molecule has 0 amide bonds. The van der Waals surface area contributed by atoms with Crippen molar-refractivity contribution in [3.05, 3.63) is 27.9 Å². The van der Waals surface area contributed by atoms with Gasteiger partial charge in [0.1, 0.15) is 5.82 Å². The topological polar surface area (TPSA) is 64.2 Å². The van der Waals surface area contributed by atoms with Crippen molar-refractivity contribution in [2.45, 2.75) is 33.2 Å². The van der Waals surface area contributed by atoms with E-state index in [-0.39, 0.29) is 16.9 Å². The molecule has 6 heteroatoms. The maximum Gasteiger partial charge on any atom is 0.250 e. The molecule has 5 nitrogen and oxygen atoms in total. The van der Waals surface area contributed by atoms with Crippen LogP contribution in [0.5, 0.6) is 0 Å². The van der Waals surface area contributed by atoms with E-state index in [1.165, 1.54) is 4.48 Å². The van der Waals surface area contributed by atoms with E-state index in [1.54, 1.807) is 21.0 Å². The molecule has 2 N–H and O–H groups in total. The quantitative estimate of drug-likeness (QED) is 0.761. The van der Waals surface area contributed by atoms with Crippen LogP contribution in [0.15, 0.2) is 11.0 Å². The zero-order valence-corrected chi connectivity index (χ0v) is 12.0. The Bertz CT molecular complexity index is 528. The summed E-state index contributed by atoms with van der Waals surface area (Å²) in [6, 6.07) is 0. The Balaban J connectivity index is 3.18. The number of nitrogens with zero attached hydrogens (tertiary/aromatic N) is 3. The van der Waals surface area contributed by atoms with Crippen molar-refractivity contribution in [1.82, 2.24) is 14.4 Å². The summed E-state index contributed by atoms with van der Waals surface area (Å²) < 4.78 is 1.49. The first-order valence-electron chi connectivity index (χ1n) is 5.89. The average molecular weight is 248 g/mol. The summed E-state index contributed by atoms with van der Waals surface area (Å²) in [7, 11) is 3.65. The summed E-state index contributed by atoms with van der Waals surface area (Å²) in [5, 5.41) is 0. The first-order valence-corrected chi connectivity index (χ1v) is 5.89. The molecule has 0 aliphatic carbocycles. The Morgan fingerprint density at radius 1 is 1.44 bits per heavy atom. The van der Waals surface area contributed by atoms with Crippen LogP contribution in [0.2, 0.25) is 0 Å². The van der Waals surface area contributed by atoms with Gasteiger partial charge in [-0.05, 0) is 33.8 Å². The van der Waals surface area contributed by atoms with Crippen LogP contribution in [0, 0.1) is 6.92 Å². The summed E-state index contributed by atoms with van der Waals surface area (Å²) in [6.07, 6.45) is 3.57. The molecule has 0 radical (unpaired) electrons. The molecule has 0 aromatic carbocycles. The number of hydrogen-bond acceptors (Lipinski definition) is 4. The minimum atomic E-state index is -0.126. The van der Waals surface area contributed by atoms with Crippen molar-refractivity contribution in [3.63, 3.8) is 0 Å². The zero-order valence-electron chi connectivity index (χ0n) is 12.0. The number of nitrogens with two attached hydrogens (primary N) is 1. The summed E-state index contributed by atoms with van der Waals surface area (Å²) in [6.45, 7) is 8.02. The Morgan fingerprint density at radius 2 is 2.00 bits per heavy atom. The second-order valence-corrected chi connectivity index (χ2v) is 5.42. The Kier molecular flexibility index (Phi) is 3.89. The highest BCUT2D eigenvalue weighted by Gasteiger charge is 2.14. The molecule has 0 aliphatic heterocycles. The molecule has 0 atom stereocenters. The summed E-state index contributed by atoms with van der Waals surface area (Å²) in [5.41, 5.74) is 6.09. The maximum absolute atomic E-state index is 12.0. The van der Waals surface area contributed by atoms with Crippen LogP contribution in [-0.2, 0) is 0 Å². The normalized spacial score (nSPS) is 12.1. The predicted octanol–water partition coefficient (Wildman–Crippen LogP) is 0.231. The van der Waals surface area contributed by atoms with Crippen LogP contribution >= 0.6 is 0 Å². The lowest BCUT2D eigenvalue weighted by molar-refractivity contribution is 0.251. The second-order valence-electron chi connectivity index (χ2n) is 5.42. The van der Waals surface area contributed by atoms with E-state index in [1.807, 2.05) is 18.1 Å². The van der Waals surface area contributed by atoms with Crippen molar-refractivity contribution in [2.24, 2.45) is 0 Å². The van der Waals surface area contributed by atoms with Crippen LogP contribution in [0.25, 0.3) is 6.08 Å². The van der Waals surface area contributed by atoms with Crippen LogP contribution < -0.4 is 11.3 Å². The number of aromatic nitrogens is 2. The fourth-order valence-electron chi connectivity index (χ4n) is 1.31. The molecule has 1 aromatic heterocycles. The standard InChI is InChI=1S/C12H21BN4O/c1-8-15-10(14)9(11(18)17(8)13)6-7-16(5)12(2,3)4/h6-7H,13-14H2,1-5H3/b7-6-. The average Bonchev–Trinajstić information content (AvgIpc) is 2.24. The van der Waals surface area contributed by atoms with E-state index in [4.69, 9.17) is 5.73 Å². The molecule has 0 saturated heterocycles. The minimum absolute atomic E-state index is 0.00533. The largest absolute Gasteiger partial charge is 0.383 e. The van der Waals surface area contributed by atoms with Crippen molar-refractivity contribution in [3.8, 4) is 0 Å². The molecule has 0 bridgehead atoms. The van der Waals surface area contributed by atoms with Crippen LogP contribution in [-0.4, -0.2) is 34.9 Å². The molecule has 0 fully saturated rings. The van der Waals surface area contributed by atoms with Gasteiger partial charge in [-0.1, -0.05) is 0 Å². The second kappa shape index (κ2) is 4.88. The van der Waals surface area contributed by atoms with Crippen molar-refractivity contribution in [2.75, 3.05) is 12.8 Å². The Labute approximate surface area is 109 Å². The van der Waals surface area contributed by atoms with E-state index < -0.39 is 0 Å². The maximum atomic E-state index is 12.0. The van der Waals surface area contributed by atoms with Gasteiger partial charge >= 0.3 is 0 Å². The Morgan fingerprint density at radius 3 is 2.50 bits per heavy atom. The molecular formula is C12H21BN4O. The molecule has 0 spiro atoms. The fraction of sp³-hybridized carbons (Fsp3) is 0.500. The van der Waals surface area contributed by atoms with E-state index in [0.29, 0.717) is 11.4 Å². The summed E-state index contributed by atoms with van der Waals surface area (Å²) in [4.78, 5) is 18.2. The lowest BCUT2D eigenvalue weighted by Gasteiger charge is -2.30. The number of rotatable bonds is 2. The number of anilines is 1. The fourth-order valence-corrected chi connectivity index (χ4v) is 1.31. The van der Waals surface area contributed by atoms with Gasteiger partial charge in [0.05, 0.1) is 11.4 Å². The van der Waals surface area contributed by atoms with Crippen molar-refractivity contribution < 1.29 is 0 Å². The third kappa shape index (κ3) is 2.94. The van der Waals surface area contributed by atoms with E-state index in [0.717, 1.165) is 0 Å². The lowest BCUT2D eigenvalue weighted by atomic mass is 10.1. The minimum Gasteiger partial charge on any atom is -0.383 e. The van der Waals surface area contributed by atoms with Crippen LogP contribution in [0.3, 0.4) is 0 Å². The molecule has 98 valence electrons.